The van der Waals surface area contributed by atoms with Gasteiger partial charge in [0.05, 0.1) is 5.38 Å². The van der Waals surface area contributed by atoms with Crippen LogP contribution in [0.5, 0.6) is 0 Å². The maximum Gasteiger partial charge on any atom is 0.0928 e. The minimum Gasteiger partial charge on any atom is -0.138 e. The number of hydrogen-bond acceptors (Lipinski definition) is 1. The smallest absolute Gasteiger partial charge is 0.0928 e. The molecule has 0 amide bonds. The molecule has 0 N–H and O–H groups in total. The van der Waals surface area contributed by atoms with Gasteiger partial charge in [0, 0.05) is 9.58 Å². The van der Waals surface area contributed by atoms with Crippen LogP contribution in [0, 0.1) is 0 Å². The highest BCUT2D eigenvalue weighted by atomic mass is 35.5. The van der Waals surface area contributed by atoms with E-state index in [1.54, 1.807) is 11.3 Å². The zero-order chi connectivity index (χ0) is 13.9. The van der Waals surface area contributed by atoms with Crippen LogP contribution in [0.2, 0.25) is 0 Å². The van der Waals surface area contributed by atoms with Gasteiger partial charge in [-0.15, -0.1) is 22.9 Å². The molecule has 0 nitrogen and oxygen atoms in total. The molecule has 0 radical (unpaired) electrons. The van der Waals surface area contributed by atoms with Crippen LogP contribution in [-0.4, -0.2) is 0 Å². The van der Waals surface area contributed by atoms with Crippen molar-refractivity contribution in [1.82, 2.24) is 0 Å². The van der Waals surface area contributed by atoms with E-state index >= 15 is 0 Å². The minimum atomic E-state index is -0.0527. The third kappa shape index (κ3) is 2.74. The van der Waals surface area contributed by atoms with Crippen LogP contribution in [0.1, 0.15) is 34.7 Å². The van der Waals surface area contributed by atoms with E-state index in [4.69, 9.17) is 11.6 Å². The number of aryl methyl sites for hydroxylation is 1. The Hall–Kier alpha value is -1.31. The highest BCUT2D eigenvalue weighted by Crippen LogP contribution is 2.37. The standard InChI is InChI=1S/C18H17ClS/c1-2-5-13-8-10-14(11-9-13)18(19)17-12-15-6-3-4-7-16(15)20-17/h3-4,6-12,18H,2,5H2,1H3. The van der Waals surface area contributed by atoms with E-state index in [-0.39, 0.29) is 5.38 Å². The van der Waals surface area contributed by atoms with E-state index in [1.165, 1.54) is 32.5 Å². The Morgan fingerprint density at radius 3 is 2.50 bits per heavy atom. The third-order valence-electron chi connectivity index (χ3n) is 3.51. The fraction of sp³-hybridized carbons (Fsp3) is 0.222. The normalized spacial score (nSPS) is 12.7. The van der Waals surface area contributed by atoms with Crippen LogP contribution >= 0.6 is 22.9 Å². The van der Waals surface area contributed by atoms with Crippen LogP contribution in [0.15, 0.2) is 54.6 Å². The summed E-state index contributed by atoms with van der Waals surface area (Å²) in [4.78, 5) is 1.22. The van der Waals surface area contributed by atoms with E-state index in [9.17, 15) is 0 Å². The summed E-state index contributed by atoms with van der Waals surface area (Å²) >= 11 is 8.43. The van der Waals surface area contributed by atoms with Gasteiger partial charge in [0.15, 0.2) is 0 Å². The highest BCUT2D eigenvalue weighted by Gasteiger charge is 2.13. The lowest BCUT2D eigenvalue weighted by atomic mass is 10.0. The van der Waals surface area contributed by atoms with Gasteiger partial charge in [0.1, 0.15) is 0 Å². The van der Waals surface area contributed by atoms with Crippen molar-refractivity contribution in [3.8, 4) is 0 Å². The van der Waals surface area contributed by atoms with Gasteiger partial charge in [-0.3, -0.25) is 0 Å². The zero-order valence-electron chi connectivity index (χ0n) is 11.5. The lowest BCUT2D eigenvalue weighted by Crippen LogP contribution is -1.91. The van der Waals surface area contributed by atoms with E-state index in [2.05, 4.69) is 61.5 Å². The van der Waals surface area contributed by atoms with Gasteiger partial charge in [0.25, 0.3) is 0 Å². The number of fused-ring (bicyclic) bond motifs is 1. The molecule has 0 aliphatic carbocycles. The summed E-state index contributed by atoms with van der Waals surface area (Å²) in [6.07, 6.45) is 2.32. The van der Waals surface area contributed by atoms with E-state index in [0.29, 0.717) is 0 Å². The highest BCUT2D eigenvalue weighted by molar-refractivity contribution is 7.19. The molecule has 0 aliphatic rings. The fourth-order valence-electron chi connectivity index (χ4n) is 2.43. The quantitative estimate of drug-likeness (QED) is 0.504. The van der Waals surface area contributed by atoms with Gasteiger partial charge in [-0.2, -0.15) is 0 Å². The van der Waals surface area contributed by atoms with Crippen molar-refractivity contribution in [3.63, 3.8) is 0 Å². The van der Waals surface area contributed by atoms with Crippen molar-refractivity contribution < 1.29 is 0 Å². The topological polar surface area (TPSA) is 0 Å². The first kappa shape index (κ1) is 13.7. The second kappa shape index (κ2) is 5.99. The SMILES string of the molecule is CCCc1ccc(C(Cl)c2cc3ccccc3s2)cc1. The molecule has 0 aliphatic heterocycles. The molecule has 1 atom stereocenters. The van der Waals surface area contributed by atoms with Gasteiger partial charge in [-0.25, -0.2) is 0 Å². The second-order valence-electron chi connectivity index (χ2n) is 5.04. The largest absolute Gasteiger partial charge is 0.138 e. The first-order valence-electron chi connectivity index (χ1n) is 6.99. The molecule has 102 valence electrons. The van der Waals surface area contributed by atoms with Gasteiger partial charge in [-0.1, -0.05) is 55.8 Å². The molecule has 3 aromatic rings. The molecule has 0 fully saturated rings. The summed E-state index contributed by atoms with van der Waals surface area (Å²) in [6.45, 7) is 2.20. The molecular formula is C18H17ClS. The van der Waals surface area contributed by atoms with Crippen molar-refractivity contribution in [3.05, 3.63) is 70.6 Å². The number of hydrogen-bond donors (Lipinski definition) is 0. The number of alkyl halides is 1. The van der Waals surface area contributed by atoms with Gasteiger partial charge < -0.3 is 0 Å². The van der Waals surface area contributed by atoms with E-state index < -0.39 is 0 Å². The van der Waals surface area contributed by atoms with Crippen LogP contribution in [0.3, 0.4) is 0 Å². The lowest BCUT2D eigenvalue weighted by molar-refractivity contribution is 0.920. The molecule has 1 heterocycles. The number of thiophene rings is 1. The van der Waals surface area contributed by atoms with Crippen molar-refractivity contribution in [2.24, 2.45) is 0 Å². The summed E-state index contributed by atoms with van der Waals surface area (Å²) in [6, 6.07) is 19.4. The molecule has 1 unspecified atom stereocenters. The Kier molecular flexibility index (Phi) is 4.09. The van der Waals surface area contributed by atoms with Gasteiger partial charge >= 0.3 is 0 Å². The molecule has 20 heavy (non-hydrogen) atoms. The summed E-state index contributed by atoms with van der Waals surface area (Å²) in [7, 11) is 0. The third-order valence-corrected chi connectivity index (χ3v) is 5.30. The average Bonchev–Trinajstić information content (AvgIpc) is 2.91. The number of rotatable bonds is 4. The van der Waals surface area contributed by atoms with E-state index in [0.717, 1.165) is 6.42 Å². The zero-order valence-corrected chi connectivity index (χ0v) is 13.0. The van der Waals surface area contributed by atoms with Crippen LogP contribution in [0.25, 0.3) is 10.1 Å². The van der Waals surface area contributed by atoms with Crippen LogP contribution in [-0.2, 0) is 6.42 Å². The first-order valence-corrected chi connectivity index (χ1v) is 8.24. The number of benzene rings is 2. The van der Waals surface area contributed by atoms with E-state index in [1.807, 2.05) is 0 Å². The molecule has 0 saturated heterocycles. The van der Waals surface area contributed by atoms with Crippen molar-refractivity contribution in [1.29, 1.82) is 0 Å². The summed E-state index contributed by atoms with van der Waals surface area (Å²) in [5.74, 6) is 0. The van der Waals surface area contributed by atoms with Gasteiger partial charge in [0.2, 0.25) is 0 Å². The molecular weight excluding hydrogens is 284 g/mol. The predicted molar refractivity (Wildman–Crippen MR) is 90.0 cm³/mol. The van der Waals surface area contributed by atoms with Crippen molar-refractivity contribution >= 4 is 33.0 Å². The van der Waals surface area contributed by atoms with Crippen LogP contribution in [0.4, 0.5) is 0 Å². The molecule has 2 aromatic carbocycles. The Morgan fingerprint density at radius 1 is 1.05 bits per heavy atom. The molecule has 0 bridgehead atoms. The second-order valence-corrected chi connectivity index (χ2v) is 6.59. The molecule has 0 spiro atoms. The Balaban J connectivity index is 1.89. The monoisotopic (exact) mass is 300 g/mol. The summed E-state index contributed by atoms with van der Waals surface area (Å²) in [5, 5.41) is 1.23. The molecule has 2 heteroatoms. The van der Waals surface area contributed by atoms with Gasteiger partial charge in [-0.05, 0) is 35.1 Å². The maximum atomic E-state index is 6.64. The van der Waals surface area contributed by atoms with Crippen LogP contribution < -0.4 is 0 Å². The Bertz CT molecular complexity index is 664. The summed E-state index contributed by atoms with van der Waals surface area (Å²) < 4.78 is 1.30. The minimum absolute atomic E-state index is 0.0527. The molecule has 1 aromatic heterocycles. The molecule has 0 saturated carbocycles. The van der Waals surface area contributed by atoms with Crippen molar-refractivity contribution in [2.75, 3.05) is 0 Å². The predicted octanol–water partition coefficient (Wildman–Crippen LogP) is 6.18. The Morgan fingerprint density at radius 2 is 1.80 bits per heavy atom. The van der Waals surface area contributed by atoms with Crippen molar-refractivity contribution in [2.45, 2.75) is 25.1 Å². The Labute approximate surface area is 129 Å². The summed E-state index contributed by atoms with van der Waals surface area (Å²) in [5.41, 5.74) is 2.56. The fourth-order valence-corrected chi connectivity index (χ4v) is 3.85. The molecule has 3 rings (SSSR count). The first-order chi connectivity index (χ1) is 9.78. The average molecular weight is 301 g/mol. The maximum absolute atomic E-state index is 6.64. The lowest BCUT2D eigenvalue weighted by Gasteiger charge is -2.08. The number of halogens is 1.